The van der Waals surface area contributed by atoms with Gasteiger partial charge >= 0.3 is 5.97 Å². The lowest BCUT2D eigenvalue weighted by atomic mass is 10.3. The van der Waals surface area contributed by atoms with Gasteiger partial charge in [0.05, 0.1) is 11.8 Å². The van der Waals surface area contributed by atoms with Crippen molar-refractivity contribution in [1.82, 2.24) is 5.32 Å². The number of carbonyl (C=O) groups excluding carboxylic acids is 1. The molecule has 0 bridgehead atoms. The van der Waals surface area contributed by atoms with E-state index >= 15 is 0 Å². The summed E-state index contributed by atoms with van der Waals surface area (Å²) in [5.74, 6) is -1.42. The average Bonchev–Trinajstić information content (AvgIpc) is 2.48. The third kappa shape index (κ3) is 0.509. The first-order chi connectivity index (χ1) is 4.72. The molecule has 0 spiro atoms. The minimum atomic E-state index is -0.829. The number of carboxylic acids is 1. The highest BCUT2D eigenvalue weighted by atomic mass is 16.4. The van der Waals surface area contributed by atoms with Crippen LogP contribution in [0.1, 0.15) is 0 Å². The van der Waals surface area contributed by atoms with Gasteiger partial charge < -0.3 is 10.4 Å². The van der Waals surface area contributed by atoms with Gasteiger partial charge in [0.2, 0.25) is 5.91 Å². The molecule has 3 atom stereocenters. The zero-order valence-electron chi connectivity index (χ0n) is 5.20. The first-order valence-electron chi connectivity index (χ1n) is 3.22. The number of hydrogen-bond donors (Lipinski definition) is 2. The van der Waals surface area contributed by atoms with E-state index in [1.807, 2.05) is 0 Å². The second kappa shape index (κ2) is 1.51. The second-order valence-corrected chi connectivity index (χ2v) is 2.80. The number of nitrogens with one attached hydrogen (secondary N) is 1. The fourth-order valence-corrected chi connectivity index (χ4v) is 1.66. The third-order valence-corrected chi connectivity index (χ3v) is 2.27. The molecule has 1 heterocycles. The maximum atomic E-state index is 10.8. The van der Waals surface area contributed by atoms with Crippen molar-refractivity contribution in [2.75, 3.05) is 6.54 Å². The Morgan fingerprint density at radius 1 is 1.70 bits per heavy atom. The molecule has 1 aliphatic heterocycles. The SMILES string of the molecule is O=C(O)[C@@H]1[C@H]2CNC(=O)[C@H]21. The van der Waals surface area contributed by atoms with Crippen molar-refractivity contribution >= 4 is 11.9 Å². The predicted octanol–water partition coefficient (Wildman–Crippen LogP) is -0.937. The number of carboxylic acid groups (broad SMARTS) is 1. The van der Waals surface area contributed by atoms with Crippen LogP contribution in [0, 0.1) is 17.8 Å². The van der Waals surface area contributed by atoms with Crippen molar-refractivity contribution in [3.05, 3.63) is 0 Å². The predicted molar refractivity (Wildman–Crippen MR) is 31.1 cm³/mol. The molecule has 0 unspecified atom stereocenters. The standard InChI is InChI=1S/C6H7NO3/c8-5-3-2(1-7-5)4(3)6(9)10/h2-4H,1H2,(H,7,8)(H,9,10)/t2-,3+,4+/m0/s1. The Morgan fingerprint density at radius 3 is 2.70 bits per heavy atom. The lowest BCUT2D eigenvalue weighted by Crippen LogP contribution is -2.24. The summed E-state index contributed by atoms with van der Waals surface area (Å²) >= 11 is 0. The second-order valence-electron chi connectivity index (χ2n) is 2.80. The number of hydrogen-bond acceptors (Lipinski definition) is 2. The minimum Gasteiger partial charge on any atom is -0.481 e. The van der Waals surface area contributed by atoms with Gasteiger partial charge in [-0.15, -0.1) is 0 Å². The van der Waals surface area contributed by atoms with E-state index in [0.29, 0.717) is 6.54 Å². The molecule has 0 radical (unpaired) electrons. The van der Waals surface area contributed by atoms with Gasteiger partial charge in [0.1, 0.15) is 0 Å². The van der Waals surface area contributed by atoms with E-state index in [4.69, 9.17) is 5.11 Å². The van der Waals surface area contributed by atoms with Crippen LogP contribution in [0.3, 0.4) is 0 Å². The van der Waals surface area contributed by atoms with E-state index < -0.39 is 5.97 Å². The van der Waals surface area contributed by atoms with Crippen LogP contribution in [0.2, 0.25) is 0 Å². The van der Waals surface area contributed by atoms with Crippen molar-refractivity contribution in [3.8, 4) is 0 Å². The van der Waals surface area contributed by atoms with Crippen LogP contribution in [0.25, 0.3) is 0 Å². The Morgan fingerprint density at radius 2 is 2.40 bits per heavy atom. The Kier molecular flexibility index (Phi) is 0.859. The topological polar surface area (TPSA) is 66.4 Å². The maximum absolute atomic E-state index is 10.8. The molecule has 1 amide bonds. The Bertz CT molecular complexity index is 209. The van der Waals surface area contributed by atoms with Gasteiger partial charge in [-0.05, 0) is 0 Å². The van der Waals surface area contributed by atoms with Gasteiger partial charge in [-0.3, -0.25) is 9.59 Å². The molecule has 10 heavy (non-hydrogen) atoms. The summed E-state index contributed by atoms with van der Waals surface area (Å²) in [4.78, 5) is 21.1. The van der Waals surface area contributed by atoms with E-state index in [9.17, 15) is 9.59 Å². The molecule has 54 valence electrons. The van der Waals surface area contributed by atoms with Gasteiger partial charge in [-0.1, -0.05) is 0 Å². The summed E-state index contributed by atoms with van der Waals surface area (Å²) in [5, 5.41) is 11.1. The summed E-state index contributed by atoms with van der Waals surface area (Å²) in [6.45, 7) is 0.556. The van der Waals surface area contributed by atoms with Gasteiger partial charge in [0, 0.05) is 12.5 Å². The zero-order valence-corrected chi connectivity index (χ0v) is 5.20. The molecule has 1 saturated heterocycles. The fraction of sp³-hybridized carbons (Fsp3) is 0.667. The molecular formula is C6H7NO3. The Balaban J connectivity index is 2.12. The first kappa shape index (κ1) is 5.70. The molecule has 4 nitrogen and oxygen atoms in total. The van der Waals surface area contributed by atoms with Gasteiger partial charge in [0.25, 0.3) is 0 Å². The molecule has 0 aromatic rings. The number of fused-ring (bicyclic) bond motifs is 1. The highest BCUT2D eigenvalue weighted by molar-refractivity contribution is 5.92. The van der Waals surface area contributed by atoms with Crippen LogP contribution in [-0.4, -0.2) is 23.5 Å². The summed E-state index contributed by atoms with van der Waals surface area (Å²) < 4.78 is 0. The molecule has 2 N–H and O–H groups in total. The lowest BCUT2D eigenvalue weighted by Gasteiger charge is -1.97. The summed E-state index contributed by atoms with van der Waals surface area (Å²) in [5.41, 5.74) is 0. The van der Waals surface area contributed by atoms with E-state index in [1.54, 1.807) is 0 Å². The number of carbonyl (C=O) groups is 2. The number of amides is 1. The normalized spacial score (nSPS) is 42.4. The highest BCUT2D eigenvalue weighted by Crippen LogP contribution is 2.49. The summed E-state index contributed by atoms with van der Waals surface area (Å²) in [7, 11) is 0. The Hall–Kier alpha value is -1.06. The molecule has 2 fully saturated rings. The zero-order chi connectivity index (χ0) is 7.30. The molecule has 0 aromatic heterocycles. The van der Waals surface area contributed by atoms with Crippen LogP contribution < -0.4 is 5.32 Å². The third-order valence-electron chi connectivity index (χ3n) is 2.27. The van der Waals surface area contributed by atoms with Crippen LogP contribution >= 0.6 is 0 Å². The quantitative estimate of drug-likeness (QED) is 0.495. The van der Waals surface area contributed by atoms with E-state index in [1.165, 1.54) is 0 Å². The fourth-order valence-electron chi connectivity index (χ4n) is 1.66. The van der Waals surface area contributed by atoms with Crippen molar-refractivity contribution in [2.24, 2.45) is 17.8 Å². The minimum absolute atomic E-state index is 0.0857. The molecule has 1 saturated carbocycles. The molecule has 0 aromatic carbocycles. The smallest absolute Gasteiger partial charge is 0.307 e. The number of rotatable bonds is 1. The first-order valence-corrected chi connectivity index (χ1v) is 3.22. The number of piperidine rings is 1. The van der Waals surface area contributed by atoms with Crippen LogP contribution in [0.15, 0.2) is 0 Å². The Labute approximate surface area is 57.2 Å². The van der Waals surface area contributed by atoms with Gasteiger partial charge in [0.15, 0.2) is 0 Å². The lowest BCUT2D eigenvalue weighted by molar-refractivity contribution is -0.140. The van der Waals surface area contributed by atoms with Gasteiger partial charge in [-0.25, -0.2) is 0 Å². The maximum Gasteiger partial charge on any atom is 0.307 e. The van der Waals surface area contributed by atoms with E-state index in [-0.39, 0.29) is 23.7 Å². The van der Waals surface area contributed by atoms with Crippen molar-refractivity contribution < 1.29 is 14.7 Å². The molecule has 1 aliphatic carbocycles. The average molecular weight is 141 g/mol. The monoisotopic (exact) mass is 141 g/mol. The molecular weight excluding hydrogens is 134 g/mol. The van der Waals surface area contributed by atoms with Crippen molar-refractivity contribution in [2.45, 2.75) is 0 Å². The molecule has 2 aliphatic rings. The van der Waals surface area contributed by atoms with E-state index in [2.05, 4.69) is 5.32 Å². The van der Waals surface area contributed by atoms with Gasteiger partial charge in [-0.2, -0.15) is 0 Å². The van der Waals surface area contributed by atoms with E-state index in [0.717, 1.165) is 0 Å². The number of aliphatic carboxylic acids is 1. The van der Waals surface area contributed by atoms with Crippen LogP contribution in [-0.2, 0) is 9.59 Å². The highest BCUT2D eigenvalue weighted by Gasteiger charge is 2.62. The molecule has 4 heteroatoms. The van der Waals surface area contributed by atoms with Crippen molar-refractivity contribution in [3.63, 3.8) is 0 Å². The summed E-state index contributed by atoms with van der Waals surface area (Å²) in [6.07, 6.45) is 0. The van der Waals surface area contributed by atoms with Crippen LogP contribution in [0.4, 0.5) is 0 Å². The van der Waals surface area contributed by atoms with Crippen LogP contribution in [0.5, 0.6) is 0 Å². The largest absolute Gasteiger partial charge is 0.481 e. The van der Waals surface area contributed by atoms with Crippen molar-refractivity contribution in [1.29, 1.82) is 0 Å². The molecule has 2 rings (SSSR count). The summed E-state index contributed by atoms with van der Waals surface area (Å²) in [6, 6.07) is 0.